The number of rotatable bonds is 3. The third-order valence-electron chi connectivity index (χ3n) is 2.97. The van der Waals surface area contributed by atoms with Gasteiger partial charge in [-0.05, 0) is 19.1 Å². The van der Waals surface area contributed by atoms with Gasteiger partial charge >= 0.3 is 0 Å². The van der Waals surface area contributed by atoms with Crippen molar-refractivity contribution >= 4 is 28.4 Å². The summed E-state index contributed by atoms with van der Waals surface area (Å²) in [5.74, 6) is 0.831. The number of hydrogen-bond acceptors (Lipinski definition) is 4. The topological polar surface area (TPSA) is 68.0 Å². The Morgan fingerprint density at radius 2 is 2.19 bits per heavy atom. The first kappa shape index (κ1) is 13.6. The molecule has 2 aromatic heterocycles. The number of oxazole rings is 1. The van der Waals surface area contributed by atoms with Crippen LogP contribution in [0.5, 0.6) is 0 Å². The molecule has 0 unspecified atom stereocenters. The molecule has 1 aromatic carbocycles. The average Bonchev–Trinajstić information content (AvgIpc) is 2.90. The Balaban J connectivity index is 1.81. The molecular weight excluding hydrogens is 290 g/mol. The Morgan fingerprint density at radius 1 is 1.38 bits per heavy atom. The maximum Gasteiger partial charge on any atom is 0.270 e. The van der Waals surface area contributed by atoms with E-state index in [2.05, 4.69) is 15.3 Å². The number of carbonyl (C=O) groups is 1. The fraction of sp³-hybridized carbons (Fsp3) is 0.133. The van der Waals surface area contributed by atoms with Crippen molar-refractivity contribution in [3.8, 4) is 0 Å². The zero-order valence-electron chi connectivity index (χ0n) is 11.3. The number of para-hydroxylation sites is 1. The summed E-state index contributed by atoms with van der Waals surface area (Å²) in [4.78, 5) is 20.4. The molecule has 0 aliphatic rings. The largest absolute Gasteiger partial charge is 0.444 e. The first-order chi connectivity index (χ1) is 10.1. The van der Waals surface area contributed by atoms with Crippen LogP contribution in [0, 0.1) is 6.92 Å². The van der Waals surface area contributed by atoms with Crippen molar-refractivity contribution in [1.82, 2.24) is 15.3 Å². The fourth-order valence-electron chi connectivity index (χ4n) is 1.98. The fourth-order valence-corrected chi connectivity index (χ4v) is 2.24. The number of nitrogens with one attached hydrogen (secondary N) is 1. The van der Waals surface area contributed by atoms with Gasteiger partial charge in [-0.25, -0.2) is 9.97 Å². The van der Waals surface area contributed by atoms with E-state index in [1.54, 1.807) is 19.2 Å². The Hall–Kier alpha value is -2.40. The Morgan fingerprint density at radius 3 is 2.95 bits per heavy atom. The molecule has 0 aliphatic heterocycles. The summed E-state index contributed by atoms with van der Waals surface area (Å²) < 4.78 is 5.29. The van der Waals surface area contributed by atoms with Gasteiger partial charge < -0.3 is 9.73 Å². The second kappa shape index (κ2) is 5.54. The van der Waals surface area contributed by atoms with Crippen LogP contribution in [0.15, 0.2) is 40.9 Å². The number of aromatic nitrogens is 2. The van der Waals surface area contributed by atoms with Gasteiger partial charge in [0.25, 0.3) is 5.91 Å². The van der Waals surface area contributed by atoms with Crippen LogP contribution in [0.1, 0.15) is 22.1 Å². The highest BCUT2D eigenvalue weighted by Crippen LogP contribution is 2.22. The van der Waals surface area contributed by atoms with Crippen LogP contribution >= 0.6 is 11.6 Å². The van der Waals surface area contributed by atoms with Crippen molar-refractivity contribution in [2.24, 2.45) is 0 Å². The molecule has 1 amide bonds. The van der Waals surface area contributed by atoms with E-state index in [9.17, 15) is 4.79 Å². The molecule has 0 radical (unpaired) electrons. The lowest BCUT2D eigenvalue weighted by molar-refractivity contribution is 0.0942. The van der Waals surface area contributed by atoms with E-state index < -0.39 is 0 Å². The number of carbonyl (C=O) groups excluding carboxylic acids is 1. The van der Waals surface area contributed by atoms with Gasteiger partial charge in [0, 0.05) is 5.39 Å². The van der Waals surface area contributed by atoms with Crippen molar-refractivity contribution in [2.45, 2.75) is 13.5 Å². The number of pyridine rings is 1. The number of hydrogen-bond donors (Lipinski definition) is 1. The van der Waals surface area contributed by atoms with E-state index in [-0.39, 0.29) is 18.1 Å². The molecule has 0 spiro atoms. The summed E-state index contributed by atoms with van der Waals surface area (Å²) >= 11 is 6.18. The van der Waals surface area contributed by atoms with E-state index >= 15 is 0 Å². The summed E-state index contributed by atoms with van der Waals surface area (Å²) in [6, 6.07) is 8.96. The summed E-state index contributed by atoms with van der Waals surface area (Å²) in [5, 5.41) is 4.02. The van der Waals surface area contributed by atoms with Gasteiger partial charge in [-0.1, -0.05) is 29.8 Å². The molecule has 0 saturated carbocycles. The van der Waals surface area contributed by atoms with Crippen molar-refractivity contribution in [3.63, 3.8) is 0 Å². The molecule has 0 aliphatic carbocycles. The van der Waals surface area contributed by atoms with Gasteiger partial charge in [-0.15, -0.1) is 0 Å². The third-order valence-corrected chi connectivity index (χ3v) is 3.28. The maximum absolute atomic E-state index is 12.1. The monoisotopic (exact) mass is 301 g/mol. The highest BCUT2D eigenvalue weighted by Gasteiger charge is 2.12. The molecule has 0 bridgehead atoms. The minimum Gasteiger partial charge on any atom is -0.444 e. The molecule has 0 atom stereocenters. The molecule has 0 fully saturated rings. The first-order valence-corrected chi connectivity index (χ1v) is 6.76. The highest BCUT2D eigenvalue weighted by molar-refractivity contribution is 6.35. The van der Waals surface area contributed by atoms with Gasteiger partial charge in [-0.3, -0.25) is 4.79 Å². The van der Waals surface area contributed by atoms with E-state index in [1.807, 2.05) is 24.3 Å². The molecule has 3 rings (SSSR count). The van der Waals surface area contributed by atoms with Crippen LogP contribution in [-0.4, -0.2) is 15.9 Å². The van der Waals surface area contributed by atoms with Crippen LogP contribution < -0.4 is 5.32 Å². The molecule has 5 nitrogen and oxygen atoms in total. The Kier molecular flexibility index (Phi) is 3.58. The van der Waals surface area contributed by atoms with E-state index in [4.69, 9.17) is 16.0 Å². The number of amides is 1. The minimum absolute atomic E-state index is 0.207. The van der Waals surface area contributed by atoms with Crippen molar-refractivity contribution in [1.29, 1.82) is 0 Å². The van der Waals surface area contributed by atoms with Gasteiger partial charge in [-0.2, -0.15) is 0 Å². The molecule has 106 valence electrons. The molecule has 0 saturated heterocycles. The van der Waals surface area contributed by atoms with E-state index in [0.717, 1.165) is 5.39 Å². The van der Waals surface area contributed by atoms with Crippen LogP contribution in [0.3, 0.4) is 0 Å². The molecule has 3 aromatic rings. The zero-order chi connectivity index (χ0) is 14.8. The number of halogens is 1. The SMILES string of the molecule is Cc1cnc(CNC(=O)c2cc(Cl)c3ccccc3n2)o1. The van der Waals surface area contributed by atoms with Gasteiger partial charge in [0.2, 0.25) is 5.89 Å². The zero-order valence-corrected chi connectivity index (χ0v) is 12.0. The summed E-state index contributed by atoms with van der Waals surface area (Å²) in [6.45, 7) is 2.00. The first-order valence-electron chi connectivity index (χ1n) is 6.38. The number of nitrogens with zero attached hydrogens (tertiary/aromatic N) is 2. The maximum atomic E-state index is 12.1. The molecule has 21 heavy (non-hydrogen) atoms. The van der Waals surface area contributed by atoms with E-state index in [1.165, 1.54) is 0 Å². The second-order valence-corrected chi connectivity index (χ2v) is 4.96. The molecule has 1 N–H and O–H groups in total. The lowest BCUT2D eigenvalue weighted by atomic mass is 10.2. The molecular formula is C15H12ClN3O2. The Bertz CT molecular complexity index is 814. The van der Waals surface area contributed by atoms with Gasteiger partial charge in [0.1, 0.15) is 11.5 Å². The quantitative estimate of drug-likeness (QED) is 0.807. The van der Waals surface area contributed by atoms with E-state index in [0.29, 0.717) is 22.2 Å². The smallest absolute Gasteiger partial charge is 0.270 e. The number of fused-ring (bicyclic) bond motifs is 1. The number of benzene rings is 1. The molecule has 6 heteroatoms. The van der Waals surface area contributed by atoms with Crippen LogP contribution in [0.2, 0.25) is 5.02 Å². The van der Waals surface area contributed by atoms with Crippen LogP contribution in [0.4, 0.5) is 0 Å². The predicted molar refractivity (Wildman–Crippen MR) is 79.2 cm³/mol. The number of aryl methyl sites for hydroxylation is 1. The lowest BCUT2D eigenvalue weighted by Crippen LogP contribution is -2.24. The predicted octanol–water partition coefficient (Wildman–Crippen LogP) is 3.11. The standard InChI is InChI=1S/C15H12ClN3O2/c1-9-7-17-14(21-9)8-18-15(20)13-6-11(16)10-4-2-3-5-12(10)19-13/h2-7H,8H2,1H3,(H,18,20). The van der Waals surface area contributed by atoms with Gasteiger partial charge in [0.15, 0.2) is 0 Å². The average molecular weight is 302 g/mol. The normalized spacial score (nSPS) is 10.8. The van der Waals surface area contributed by atoms with Crippen molar-refractivity contribution in [2.75, 3.05) is 0 Å². The Labute approximate surface area is 126 Å². The summed E-state index contributed by atoms with van der Waals surface area (Å²) in [7, 11) is 0. The van der Waals surface area contributed by atoms with Crippen molar-refractivity contribution < 1.29 is 9.21 Å². The second-order valence-electron chi connectivity index (χ2n) is 4.55. The van der Waals surface area contributed by atoms with Crippen LogP contribution in [0.25, 0.3) is 10.9 Å². The minimum atomic E-state index is -0.321. The summed E-state index contributed by atoms with van der Waals surface area (Å²) in [6.07, 6.45) is 1.60. The summed E-state index contributed by atoms with van der Waals surface area (Å²) in [5.41, 5.74) is 0.948. The van der Waals surface area contributed by atoms with Crippen LogP contribution in [-0.2, 0) is 6.54 Å². The third kappa shape index (κ3) is 2.87. The van der Waals surface area contributed by atoms with Crippen molar-refractivity contribution in [3.05, 3.63) is 58.9 Å². The highest BCUT2D eigenvalue weighted by atomic mass is 35.5. The van der Waals surface area contributed by atoms with Gasteiger partial charge in [0.05, 0.1) is 23.3 Å². The lowest BCUT2D eigenvalue weighted by Gasteiger charge is -2.05. The molecule has 2 heterocycles.